The molecule has 2 unspecified atom stereocenters. The minimum atomic E-state index is 0.189. The quantitative estimate of drug-likeness (QED) is 0.857. The Morgan fingerprint density at radius 2 is 2.05 bits per heavy atom. The minimum absolute atomic E-state index is 0.189. The van der Waals surface area contributed by atoms with E-state index in [2.05, 4.69) is 4.90 Å². The van der Waals surface area contributed by atoms with Crippen LogP contribution in [-0.4, -0.2) is 23.9 Å². The molecule has 2 atom stereocenters. The molecule has 3 rings (SSSR count). The van der Waals surface area contributed by atoms with Crippen molar-refractivity contribution in [3.8, 4) is 0 Å². The van der Waals surface area contributed by atoms with Crippen LogP contribution in [0.2, 0.25) is 0 Å². The highest BCUT2D eigenvalue weighted by Crippen LogP contribution is 2.37. The molecular formula is C15H22N2OS. The fourth-order valence-electron chi connectivity index (χ4n) is 3.54. The first-order valence-electron chi connectivity index (χ1n) is 7.30. The fraction of sp³-hybridized carbons (Fsp3) is 0.667. The number of piperidine rings is 1. The number of nitrogens with zero attached hydrogens (tertiary/aromatic N) is 1. The van der Waals surface area contributed by atoms with E-state index >= 15 is 0 Å². The van der Waals surface area contributed by atoms with Crippen LogP contribution in [0.3, 0.4) is 0 Å². The number of hydrogen-bond donors (Lipinski definition) is 1. The number of fused-ring (bicyclic) bond motifs is 1. The molecule has 1 aromatic heterocycles. The van der Waals surface area contributed by atoms with Crippen molar-refractivity contribution >= 4 is 22.9 Å². The largest absolute Gasteiger partial charge is 0.398 e. The molecule has 0 bridgehead atoms. The van der Waals surface area contributed by atoms with Gasteiger partial charge in [0.05, 0.1) is 4.88 Å². The molecule has 1 aliphatic heterocycles. The summed E-state index contributed by atoms with van der Waals surface area (Å²) in [6.45, 7) is 3.86. The second-order valence-electron chi connectivity index (χ2n) is 5.97. The predicted molar refractivity (Wildman–Crippen MR) is 79.4 cm³/mol. The van der Waals surface area contributed by atoms with Crippen LogP contribution in [-0.2, 0) is 0 Å². The molecule has 2 N–H and O–H groups in total. The number of nitrogen functional groups attached to an aromatic ring is 1. The third-order valence-corrected chi connectivity index (χ3v) is 5.80. The van der Waals surface area contributed by atoms with Gasteiger partial charge in [-0.25, -0.2) is 0 Å². The molecule has 0 radical (unpaired) electrons. The number of hydrogen-bond acceptors (Lipinski definition) is 3. The van der Waals surface area contributed by atoms with Crippen LogP contribution >= 0.6 is 11.3 Å². The zero-order chi connectivity index (χ0) is 13.4. The highest BCUT2D eigenvalue weighted by Gasteiger charge is 2.33. The van der Waals surface area contributed by atoms with Gasteiger partial charge in [0, 0.05) is 23.7 Å². The van der Waals surface area contributed by atoms with Crippen molar-refractivity contribution in [3.63, 3.8) is 0 Å². The Bertz CT molecular complexity index is 463. The molecule has 0 spiro atoms. The van der Waals surface area contributed by atoms with Crippen molar-refractivity contribution in [3.05, 3.63) is 15.8 Å². The lowest BCUT2D eigenvalue weighted by atomic mass is 9.75. The van der Waals surface area contributed by atoms with Crippen molar-refractivity contribution in [1.82, 2.24) is 4.90 Å². The number of carbonyl (C=O) groups is 1. The Labute approximate surface area is 118 Å². The zero-order valence-electron chi connectivity index (χ0n) is 11.5. The van der Waals surface area contributed by atoms with Gasteiger partial charge in [-0.3, -0.25) is 4.79 Å². The van der Waals surface area contributed by atoms with Gasteiger partial charge in [-0.05, 0) is 37.7 Å². The molecule has 1 amide bonds. The maximum atomic E-state index is 12.5. The van der Waals surface area contributed by atoms with Crippen molar-refractivity contribution in [2.45, 2.75) is 39.0 Å². The number of thiophene rings is 1. The number of amides is 1. The summed E-state index contributed by atoms with van der Waals surface area (Å²) >= 11 is 1.53. The minimum Gasteiger partial charge on any atom is -0.398 e. The Kier molecular flexibility index (Phi) is 3.52. The summed E-state index contributed by atoms with van der Waals surface area (Å²) in [4.78, 5) is 16.4. The molecule has 2 heterocycles. The second-order valence-corrected chi connectivity index (χ2v) is 7.22. The van der Waals surface area contributed by atoms with Crippen LogP contribution in [0.4, 0.5) is 5.69 Å². The number of rotatable bonds is 1. The number of carbonyl (C=O) groups excluding carboxylic acids is 1. The van der Waals surface area contributed by atoms with E-state index in [1.807, 2.05) is 13.0 Å². The van der Waals surface area contributed by atoms with Crippen molar-refractivity contribution < 1.29 is 4.79 Å². The van der Waals surface area contributed by atoms with Crippen LogP contribution in [0.1, 0.15) is 46.7 Å². The maximum Gasteiger partial charge on any atom is 0.264 e. The maximum absolute atomic E-state index is 12.5. The number of aryl methyl sites for hydroxylation is 1. The number of likely N-dealkylation sites (tertiary alicyclic amines) is 1. The van der Waals surface area contributed by atoms with Gasteiger partial charge < -0.3 is 10.6 Å². The van der Waals surface area contributed by atoms with Gasteiger partial charge in [-0.2, -0.15) is 0 Å². The van der Waals surface area contributed by atoms with Gasteiger partial charge in [0.2, 0.25) is 0 Å². The second kappa shape index (κ2) is 5.16. The molecule has 19 heavy (non-hydrogen) atoms. The molecule has 1 saturated carbocycles. The molecule has 104 valence electrons. The van der Waals surface area contributed by atoms with Crippen LogP contribution in [0.5, 0.6) is 0 Å². The monoisotopic (exact) mass is 278 g/mol. The smallest absolute Gasteiger partial charge is 0.264 e. The van der Waals surface area contributed by atoms with Gasteiger partial charge in [-0.15, -0.1) is 11.3 Å². The molecule has 0 aromatic carbocycles. The van der Waals surface area contributed by atoms with Gasteiger partial charge in [0.1, 0.15) is 0 Å². The van der Waals surface area contributed by atoms with Gasteiger partial charge in [0.15, 0.2) is 0 Å². The van der Waals surface area contributed by atoms with E-state index in [0.717, 1.165) is 40.4 Å². The Morgan fingerprint density at radius 1 is 1.32 bits per heavy atom. The molecule has 2 aliphatic rings. The molecular weight excluding hydrogens is 256 g/mol. The number of nitrogens with two attached hydrogens (primary N) is 1. The molecule has 4 heteroatoms. The van der Waals surface area contributed by atoms with Crippen molar-refractivity contribution in [1.29, 1.82) is 0 Å². The molecule has 1 saturated heterocycles. The Morgan fingerprint density at radius 3 is 2.74 bits per heavy atom. The standard InChI is InChI=1S/C15H22N2OS/c1-10-13(16)8-14(19-10)15(18)17-7-6-11-4-2-3-5-12(11)9-17/h8,11-12H,2-7,9,16H2,1H3. The molecule has 2 fully saturated rings. The highest BCUT2D eigenvalue weighted by molar-refractivity contribution is 7.14. The summed E-state index contributed by atoms with van der Waals surface area (Å²) in [7, 11) is 0. The molecule has 1 aliphatic carbocycles. The zero-order valence-corrected chi connectivity index (χ0v) is 12.3. The fourth-order valence-corrected chi connectivity index (χ4v) is 4.45. The lowest BCUT2D eigenvalue weighted by Crippen LogP contribution is -2.44. The molecule has 3 nitrogen and oxygen atoms in total. The van der Waals surface area contributed by atoms with Crippen LogP contribution in [0.15, 0.2) is 6.07 Å². The first-order chi connectivity index (χ1) is 9.15. The third kappa shape index (κ3) is 2.50. The van der Waals surface area contributed by atoms with E-state index in [-0.39, 0.29) is 5.91 Å². The van der Waals surface area contributed by atoms with Gasteiger partial charge in [-0.1, -0.05) is 19.3 Å². The highest BCUT2D eigenvalue weighted by atomic mass is 32.1. The first kappa shape index (κ1) is 13.0. The third-order valence-electron chi connectivity index (χ3n) is 4.75. The van der Waals surface area contributed by atoms with Crippen LogP contribution in [0.25, 0.3) is 0 Å². The van der Waals surface area contributed by atoms with Crippen molar-refractivity contribution in [2.24, 2.45) is 11.8 Å². The van der Waals surface area contributed by atoms with E-state index in [1.54, 1.807) is 0 Å². The SMILES string of the molecule is Cc1sc(C(=O)N2CCC3CCCCC3C2)cc1N. The van der Waals surface area contributed by atoms with Gasteiger partial charge in [0.25, 0.3) is 5.91 Å². The number of anilines is 1. The normalized spacial score (nSPS) is 27.1. The summed E-state index contributed by atoms with van der Waals surface area (Å²) in [6.07, 6.45) is 6.60. The lowest BCUT2D eigenvalue weighted by Gasteiger charge is -2.41. The Balaban J connectivity index is 1.70. The average molecular weight is 278 g/mol. The average Bonchev–Trinajstić information content (AvgIpc) is 2.77. The first-order valence-corrected chi connectivity index (χ1v) is 8.12. The molecule has 1 aromatic rings. The summed E-state index contributed by atoms with van der Waals surface area (Å²) in [5.41, 5.74) is 6.60. The topological polar surface area (TPSA) is 46.3 Å². The lowest BCUT2D eigenvalue weighted by molar-refractivity contribution is 0.0525. The van der Waals surface area contributed by atoms with Gasteiger partial charge >= 0.3 is 0 Å². The van der Waals surface area contributed by atoms with E-state index in [1.165, 1.54) is 43.4 Å². The summed E-state index contributed by atoms with van der Waals surface area (Å²) in [5.74, 6) is 1.80. The Hall–Kier alpha value is -1.03. The summed E-state index contributed by atoms with van der Waals surface area (Å²) in [5, 5.41) is 0. The predicted octanol–water partition coefficient (Wildman–Crippen LogP) is 3.29. The van der Waals surface area contributed by atoms with E-state index < -0.39 is 0 Å². The van der Waals surface area contributed by atoms with Crippen LogP contribution in [0, 0.1) is 18.8 Å². The summed E-state index contributed by atoms with van der Waals surface area (Å²) < 4.78 is 0. The summed E-state index contributed by atoms with van der Waals surface area (Å²) in [6, 6.07) is 1.84. The van der Waals surface area contributed by atoms with Crippen molar-refractivity contribution in [2.75, 3.05) is 18.8 Å². The van der Waals surface area contributed by atoms with Crippen LogP contribution < -0.4 is 5.73 Å². The van der Waals surface area contributed by atoms with E-state index in [4.69, 9.17) is 5.73 Å². The van der Waals surface area contributed by atoms with E-state index in [9.17, 15) is 4.79 Å². The van der Waals surface area contributed by atoms with E-state index in [0.29, 0.717) is 0 Å².